The minimum atomic E-state index is -0.945. The van der Waals surface area contributed by atoms with Crippen molar-refractivity contribution >= 4 is 6.09 Å². The molecule has 0 saturated carbocycles. The molecule has 2 aliphatic rings. The topological polar surface area (TPSA) is 86.6 Å². The van der Waals surface area contributed by atoms with Crippen LogP contribution in [0.4, 0.5) is 4.79 Å². The van der Waals surface area contributed by atoms with E-state index in [1.54, 1.807) is 0 Å². The van der Waals surface area contributed by atoms with Crippen LogP contribution in [-0.2, 0) is 12.8 Å². The lowest BCUT2D eigenvalue weighted by atomic mass is 9.76. The van der Waals surface area contributed by atoms with E-state index in [-0.39, 0.29) is 17.3 Å². The summed E-state index contributed by atoms with van der Waals surface area (Å²) in [6, 6.07) is -0.325. The minimum absolute atomic E-state index is 0.0278. The number of fused-ring (bicyclic) bond motifs is 1. The Bertz CT molecular complexity index is 586. The first-order valence-corrected chi connectivity index (χ1v) is 7.45. The van der Waals surface area contributed by atoms with Gasteiger partial charge in [0.15, 0.2) is 5.82 Å². The van der Waals surface area contributed by atoms with Gasteiger partial charge in [0.05, 0.1) is 11.7 Å². The zero-order chi connectivity index (χ0) is 15.2. The fraction of sp³-hybridized carbons (Fsp3) is 0.667. The fourth-order valence-corrected chi connectivity index (χ4v) is 3.36. The van der Waals surface area contributed by atoms with Gasteiger partial charge in [-0.25, -0.2) is 9.78 Å². The van der Waals surface area contributed by atoms with Crippen molar-refractivity contribution in [1.82, 2.24) is 14.9 Å². The van der Waals surface area contributed by atoms with Gasteiger partial charge in [-0.05, 0) is 37.5 Å². The maximum absolute atomic E-state index is 11.3. The molecule has 2 N–H and O–H groups in total. The monoisotopic (exact) mass is 291 g/mol. The van der Waals surface area contributed by atoms with Crippen molar-refractivity contribution in [2.75, 3.05) is 6.54 Å². The summed E-state index contributed by atoms with van der Waals surface area (Å²) in [5.74, 6) is 0.478. The lowest BCUT2D eigenvalue weighted by molar-refractivity contribution is 0.138. The number of nitrogens with zero attached hydrogens (tertiary/aromatic N) is 3. The Morgan fingerprint density at radius 3 is 2.86 bits per heavy atom. The third kappa shape index (κ3) is 2.54. The number of rotatable bonds is 1. The zero-order valence-electron chi connectivity index (χ0n) is 12.5. The molecule has 1 aliphatic heterocycles. The van der Waals surface area contributed by atoms with Crippen molar-refractivity contribution in [2.24, 2.45) is 5.41 Å². The molecule has 1 aromatic rings. The van der Waals surface area contributed by atoms with Gasteiger partial charge in [0.25, 0.3) is 0 Å². The van der Waals surface area contributed by atoms with Crippen LogP contribution >= 0.6 is 0 Å². The highest BCUT2D eigenvalue weighted by atomic mass is 16.4. The number of hydrogen-bond donors (Lipinski definition) is 2. The van der Waals surface area contributed by atoms with Crippen LogP contribution in [0.1, 0.15) is 56.2 Å². The summed E-state index contributed by atoms with van der Waals surface area (Å²) >= 11 is 0. The summed E-state index contributed by atoms with van der Waals surface area (Å²) in [6.07, 6.45) is 3.18. The lowest BCUT2D eigenvalue weighted by Crippen LogP contribution is -2.31. The first-order valence-electron chi connectivity index (χ1n) is 7.45. The average molecular weight is 291 g/mol. The molecule has 2 heterocycles. The van der Waals surface area contributed by atoms with Crippen LogP contribution in [0.25, 0.3) is 0 Å². The summed E-state index contributed by atoms with van der Waals surface area (Å²) in [4.78, 5) is 21.4. The molecule has 0 bridgehead atoms. The summed E-state index contributed by atoms with van der Waals surface area (Å²) in [5, 5.41) is 19.5. The molecule has 0 aromatic carbocycles. The standard InChI is InChI=1S/C15H21N3O3/c1-15(2)6-5-10-9(8-15)13(19)17-12(16-10)11-4-3-7-18(11)14(20)21/h11H,3-8H2,1-2H3,(H,20,21)(H,16,17,19). The lowest BCUT2D eigenvalue weighted by Gasteiger charge is -2.31. The van der Waals surface area contributed by atoms with Gasteiger partial charge in [-0.1, -0.05) is 13.8 Å². The molecule has 1 atom stereocenters. The molecule has 1 unspecified atom stereocenters. The van der Waals surface area contributed by atoms with E-state index in [0.29, 0.717) is 12.4 Å². The molecular formula is C15H21N3O3. The smallest absolute Gasteiger partial charge is 0.407 e. The number of hydrogen-bond acceptors (Lipinski definition) is 4. The normalized spacial score (nSPS) is 23.9. The highest BCUT2D eigenvalue weighted by Crippen LogP contribution is 2.39. The van der Waals surface area contributed by atoms with Crippen LogP contribution in [0.5, 0.6) is 5.88 Å². The second-order valence-electron chi connectivity index (χ2n) is 6.81. The van der Waals surface area contributed by atoms with Crippen molar-refractivity contribution in [3.05, 3.63) is 17.1 Å². The Hall–Kier alpha value is -1.85. The number of aryl methyl sites for hydroxylation is 1. The first kappa shape index (κ1) is 14.1. The molecule has 1 amide bonds. The van der Waals surface area contributed by atoms with Crippen LogP contribution in [0.2, 0.25) is 0 Å². The highest BCUT2D eigenvalue weighted by Gasteiger charge is 2.35. The number of carbonyl (C=O) groups is 1. The number of amides is 1. The van der Waals surface area contributed by atoms with E-state index in [2.05, 4.69) is 23.8 Å². The second kappa shape index (κ2) is 4.86. The molecule has 1 saturated heterocycles. The van der Waals surface area contributed by atoms with E-state index < -0.39 is 6.09 Å². The minimum Gasteiger partial charge on any atom is -0.493 e. The fourth-order valence-electron chi connectivity index (χ4n) is 3.36. The van der Waals surface area contributed by atoms with Crippen LogP contribution in [0, 0.1) is 5.41 Å². The van der Waals surface area contributed by atoms with E-state index in [0.717, 1.165) is 43.4 Å². The Balaban J connectivity index is 1.96. The SMILES string of the molecule is CC1(C)CCc2nc(C3CCCN3C(=O)O)nc(O)c2C1. The first-order chi connectivity index (χ1) is 9.87. The molecule has 1 fully saturated rings. The van der Waals surface area contributed by atoms with Crippen LogP contribution < -0.4 is 0 Å². The molecule has 0 radical (unpaired) electrons. The molecule has 21 heavy (non-hydrogen) atoms. The molecule has 1 aromatic heterocycles. The molecule has 0 spiro atoms. The zero-order valence-corrected chi connectivity index (χ0v) is 12.5. The van der Waals surface area contributed by atoms with Crippen molar-refractivity contribution < 1.29 is 15.0 Å². The molecular weight excluding hydrogens is 270 g/mol. The number of carboxylic acid groups (broad SMARTS) is 1. The summed E-state index contributed by atoms with van der Waals surface area (Å²) in [7, 11) is 0. The number of likely N-dealkylation sites (tertiary alicyclic amines) is 1. The van der Waals surface area contributed by atoms with Crippen LogP contribution in [-0.4, -0.2) is 37.7 Å². The second-order valence-corrected chi connectivity index (χ2v) is 6.81. The maximum atomic E-state index is 11.3. The largest absolute Gasteiger partial charge is 0.493 e. The Morgan fingerprint density at radius 1 is 1.38 bits per heavy atom. The van der Waals surface area contributed by atoms with Gasteiger partial charge >= 0.3 is 6.09 Å². The van der Waals surface area contributed by atoms with E-state index in [9.17, 15) is 15.0 Å². The summed E-state index contributed by atoms with van der Waals surface area (Å²) < 4.78 is 0. The Morgan fingerprint density at radius 2 is 2.14 bits per heavy atom. The van der Waals surface area contributed by atoms with Gasteiger partial charge in [-0.2, -0.15) is 4.98 Å². The molecule has 1 aliphatic carbocycles. The van der Waals surface area contributed by atoms with Crippen molar-refractivity contribution in [2.45, 2.75) is 52.0 Å². The average Bonchev–Trinajstić information content (AvgIpc) is 2.88. The van der Waals surface area contributed by atoms with Gasteiger partial charge in [0.1, 0.15) is 0 Å². The number of aromatic hydroxyl groups is 1. The van der Waals surface area contributed by atoms with Gasteiger partial charge < -0.3 is 10.2 Å². The van der Waals surface area contributed by atoms with Gasteiger partial charge in [-0.3, -0.25) is 4.90 Å². The predicted molar refractivity (Wildman–Crippen MR) is 76.2 cm³/mol. The van der Waals surface area contributed by atoms with E-state index in [1.807, 2.05) is 0 Å². The Labute approximate surface area is 123 Å². The third-order valence-corrected chi connectivity index (χ3v) is 4.58. The molecule has 6 heteroatoms. The number of aromatic nitrogens is 2. The molecule has 114 valence electrons. The highest BCUT2D eigenvalue weighted by molar-refractivity contribution is 5.66. The van der Waals surface area contributed by atoms with E-state index in [4.69, 9.17) is 0 Å². The van der Waals surface area contributed by atoms with Crippen molar-refractivity contribution in [1.29, 1.82) is 0 Å². The van der Waals surface area contributed by atoms with E-state index in [1.165, 1.54) is 4.90 Å². The Kier molecular flexibility index (Phi) is 3.26. The summed E-state index contributed by atoms with van der Waals surface area (Å²) in [6.45, 7) is 4.85. The third-order valence-electron chi connectivity index (χ3n) is 4.58. The van der Waals surface area contributed by atoms with E-state index >= 15 is 0 Å². The summed E-state index contributed by atoms with van der Waals surface area (Å²) in [5.41, 5.74) is 1.86. The quantitative estimate of drug-likeness (QED) is 0.830. The van der Waals surface area contributed by atoms with Gasteiger partial charge in [0.2, 0.25) is 5.88 Å². The molecule has 6 nitrogen and oxygen atoms in total. The predicted octanol–water partition coefficient (Wildman–Crippen LogP) is 2.51. The van der Waals surface area contributed by atoms with Crippen molar-refractivity contribution in [3.63, 3.8) is 0 Å². The maximum Gasteiger partial charge on any atom is 0.407 e. The van der Waals surface area contributed by atoms with Crippen LogP contribution in [0.15, 0.2) is 0 Å². The van der Waals surface area contributed by atoms with Crippen LogP contribution in [0.3, 0.4) is 0 Å². The van der Waals surface area contributed by atoms with Gasteiger partial charge in [-0.15, -0.1) is 0 Å². The van der Waals surface area contributed by atoms with Crippen molar-refractivity contribution in [3.8, 4) is 5.88 Å². The van der Waals surface area contributed by atoms with Gasteiger partial charge in [0, 0.05) is 12.1 Å². The molecule has 3 rings (SSSR count).